The quantitative estimate of drug-likeness (QED) is 0.469. The van der Waals surface area contributed by atoms with Crippen LogP contribution in [0.4, 0.5) is 16.0 Å². The number of rotatable bonds is 5. The predicted octanol–water partition coefficient (Wildman–Crippen LogP) is 4.44. The molecule has 1 aliphatic carbocycles. The molecule has 11 heteroatoms. The number of ether oxygens (including phenoxy) is 1. The molecule has 5 atom stereocenters. The summed E-state index contributed by atoms with van der Waals surface area (Å²) in [5.41, 5.74) is 1.79. The van der Waals surface area contributed by atoms with E-state index in [9.17, 15) is 5.11 Å². The van der Waals surface area contributed by atoms with E-state index >= 15 is 4.39 Å². The van der Waals surface area contributed by atoms with Gasteiger partial charge in [0.15, 0.2) is 5.15 Å². The first kappa shape index (κ1) is 24.1. The third-order valence-corrected chi connectivity index (χ3v) is 8.30. The topological polar surface area (TPSA) is 88.3 Å². The van der Waals surface area contributed by atoms with Crippen LogP contribution in [0.1, 0.15) is 31.2 Å². The Morgan fingerprint density at radius 2 is 2.08 bits per heavy atom. The summed E-state index contributed by atoms with van der Waals surface area (Å²) in [6.07, 6.45) is 7.27. The highest BCUT2D eigenvalue weighted by Gasteiger charge is 2.39. The molecule has 3 aliphatic rings. The van der Waals surface area contributed by atoms with Crippen molar-refractivity contribution in [1.29, 1.82) is 0 Å². The summed E-state index contributed by atoms with van der Waals surface area (Å²) in [6.45, 7) is 3.70. The number of nitrogens with zero attached hydrogens (tertiary/aromatic N) is 5. The molecule has 2 aliphatic heterocycles. The maximum absolute atomic E-state index is 15.4. The summed E-state index contributed by atoms with van der Waals surface area (Å²) in [5.74, 6) is 0.0151. The van der Waals surface area contributed by atoms with Crippen molar-refractivity contribution < 1.29 is 14.2 Å². The van der Waals surface area contributed by atoms with Crippen LogP contribution in [0.25, 0.3) is 10.9 Å². The Balaban J connectivity index is 1.23. The number of anilines is 2. The lowest BCUT2D eigenvalue weighted by molar-refractivity contribution is 0.0353. The maximum Gasteiger partial charge on any atom is 0.227 e. The van der Waals surface area contributed by atoms with E-state index in [1.54, 1.807) is 23.1 Å². The van der Waals surface area contributed by atoms with Crippen LogP contribution in [0.2, 0.25) is 10.2 Å². The summed E-state index contributed by atoms with van der Waals surface area (Å²) in [6, 6.07) is 3.49. The Labute approximate surface area is 218 Å². The lowest BCUT2D eigenvalue weighted by atomic mass is 9.86. The summed E-state index contributed by atoms with van der Waals surface area (Å²) in [5, 5.41) is 19.5. The van der Waals surface area contributed by atoms with Crippen molar-refractivity contribution in [3.05, 3.63) is 52.4 Å². The molecule has 0 amide bonds. The van der Waals surface area contributed by atoms with Crippen LogP contribution < -0.4 is 5.32 Å². The molecule has 3 aromatic rings. The van der Waals surface area contributed by atoms with Crippen LogP contribution in [-0.4, -0.2) is 74.4 Å². The number of hydrogen-bond acceptors (Lipinski definition) is 7. The number of allylic oxidation sites excluding steroid dienone is 2. The highest BCUT2D eigenvalue weighted by molar-refractivity contribution is 6.32. The van der Waals surface area contributed by atoms with Gasteiger partial charge in [-0.3, -0.25) is 4.90 Å². The first-order chi connectivity index (χ1) is 17.3. The Kier molecular flexibility index (Phi) is 6.16. The van der Waals surface area contributed by atoms with E-state index in [4.69, 9.17) is 27.9 Å². The van der Waals surface area contributed by atoms with Crippen molar-refractivity contribution in [1.82, 2.24) is 24.6 Å². The van der Waals surface area contributed by atoms with Gasteiger partial charge in [0.2, 0.25) is 5.95 Å². The molecule has 36 heavy (non-hydrogen) atoms. The molecule has 2 saturated heterocycles. The highest BCUT2D eigenvalue weighted by Crippen LogP contribution is 2.39. The van der Waals surface area contributed by atoms with Crippen LogP contribution in [0.15, 0.2) is 36.7 Å². The molecule has 0 spiro atoms. The number of halogens is 3. The fourth-order valence-corrected chi connectivity index (χ4v) is 6.03. The number of nitrogens with one attached hydrogen (secondary N) is 1. The molecule has 0 radical (unpaired) electrons. The zero-order valence-electron chi connectivity index (χ0n) is 19.7. The molecule has 2 N–H and O–H groups in total. The van der Waals surface area contributed by atoms with Gasteiger partial charge in [0.05, 0.1) is 48.3 Å². The molecule has 2 unspecified atom stereocenters. The van der Waals surface area contributed by atoms with E-state index in [1.165, 1.54) is 0 Å². The van der Waals surface area contributed by atoms with Crippen molar-refractivity contribution in [2.75, 3.05) is 31.6 Å². The molecule has 2 aromatic heterocycles. The zero-order chi connectivity index (χ0) is 25.0. The Bertz CT molecular complexity index is 1340. The lowest BCUT2D eigenvalue weighted by Crippen LogP contribution is -2.50. The number of alkyl halides is 1. The maximum atomic E-state index is 15.4. The molecule has 6 rings (SSSR count). The smallest absolute Gasteiger partial charge is 0.227 e. The van der Waals surface area contributed by atoms with E-state index in [0.29, 0.717) is 53.5 Å². The third kappa shape index (κ3) is 4.16. The van der Waals surface area contributed by atoms with Crippen LogP contribution in [0.5, 0.6) is 0 Å². The number of fused-ring (bicyclic) bond motifs is 1. The average molecular weight is 533 g/mol. The van der Waals surface area contributed by atoms with Gasteiger partial charge in [-0.2, -0.15) is 5.10 Å². The second-order valence-corrected chi connectivity index (χ2v) is 10.8. The fraction of sp³-hybridized carbons (Fsp3) is 0.480. The monoisotopic (exact) mass is 532 g/mol. The number of benzene rings is 1. The van der Waals surface area contributed by atoms with E-state index in [2.05, 4.69) is 39.5 Å². The molecular weight excluding hydrogens is 506 g/mol. The van der Waals surface area contributed by atoms with Crippen LogP contribution in [-0.2, 0) is 10.3 Å². The van der Waals surface area contributed by atoms with Crippen molar-refractivity contribution >= 4 is 45.7 Å². The molecule has 8 nitrogen and oxygen atoms in total. The molecule has 190 valence electrons. The molecule has 1 aromatic carbocycles. The second-order valence-electron chi connectivity index (χ2n) is 10.1. The van der Waals surface area contributed by atoms with E-state index < -0.39 is 12.3 Å². The Hall–Kier alpha value is -2.30. The second kappa shape index (κ2) is 9.22. The van der Waals surface area contributed by atoms with Gasteiger partial charge in [0.25, 0.3) is 0 Å². The van der Waals surface area contributed by atoms with Crippen LogP contribution in [0.3, 0.4) is 0 Å². The van der Waals surface area contributed by atoms with Gasteiger partial charge in [0, 0.05) is 29.1 Å². The van der Waals surface area contributed by atoms with Crippen molar-refractivity contribution in [2.24, 2.45) is 0 Å². The standard InChI is InChI=1S/C25H27Cl2FN6O2/c1-25(4-2-5-25)34-23(27)20(10-30-34)32-24-29-9-14-7-17(26)16(8-19(14)31-24)15-3-6-33(11-18(15)28)21-12-36-13-22(21)35/h2,4,7-10,15,18,21-22,35H,3,5-6,11-13H2,1H3,(H,29,31,32)/t15-,18+,21-,22?,25?/m1/s1. The highest BCUT2D eigenvalue weighted by atomic mass is 35.5. The molecule has 2 fully saturated rings. The lowest BCUT2D eigenvalue weighted by Gasteiger charge is -2.39. The van der Waals surface area contributed by atoms with Crippen molar-refractivity contribution in [3.8, 4) is 0 Å². The fourth-order valence-electron chi connectivity index (χ4n) is 5.38. The van der Waals surface area contributed by atoms with Crippen LogP contribution in [0, 0.1) is 0 Å². The molecule has 0 saturated carbocycles. The minimum atomic E-state index is -1.12. The molecule has 4 heterocycles. The van der Waals surface area contributed by atoms with Gasteiger partial charge < -0.3 is 15.2 Å². The Morgan fingerprint density at radius 3 is 2.78 bits per heavy atom. The summed E-state index contributed by atoms with van der Waals surface area (Å²) in [4.78, 5) is 11.0. The number of aromatic nitrogens is 4. The number of hydrogen-bond donors (Lipinski definition) is 2. The van der Waals surface area contributed by atoms with Gasteiger partial charge in [-0.25, -0.2) is 19.0 Å². The average Bonchev–Trinajstić information content (AvgIpc) is 3.43. The molecule has 0 bridgehead atoms. The predicted molar refractivity (Wildman–Crippen MR) is 137 cm³/mol. The minimum absolute atomic E-state index is 0.156. The summed E-state index contributed by atoms with van der Waals surface area (Å²) < 4.78 is 22.5. The minimum Gasteiger partial charge on any atom is -0.389 e. The van der Waals surface area contributed by atoms with Gasteiger partial charge in [-0.05, 0) is 44.0 Å². The van der Waals surface area contributed by atoms with Crippen molar-refractivity contribution in [3.63, 3.8) is 0 Å². The van der Waals surface area contributed by atoms with E-state index in [-0.39, 0.29) is 24.0 Å². The van der Waals surface area contributed by atoms with Gasteiger partial charge >= 0.3 is 0 Å². The van der Waals surface area contributed by atoms with Crippen molar-refractivity contribution in [2.45, 2.75) is 49.5 Å². The molecular formula is C25H27Cl2FN6O2. The largest absolute Gasteiger partial charge is 0.389 e. The number of piperidine rings is 1. The summed E-state index contributed by atoms with van der Waals surface area (Å²) >= 11 is 13.2. The first-order valence-corrected chi connectivity index (χ1v) is 12.9. The third-order valence-electron chi connectivity index (χ3n) is 7.61. The summed E-state index contributed by atoms with van der Waals surface area (Å²) in [7, 11) is 0. The van der Waals surface area contributed by atoms with Gasteiger partial charge in [0.1, 0.15) is 6.17 Å². The number of likely N-dealkylation sites (tertiary alicyclic amines) is 1. The van der Waals surface area contributed by atoms with E-state index in [0.717, 1.165) is 17.4 Å². The van der Waals surface area contributed by atoms with Gasteiger partial charge in [-0.15, -0.1) is 0 Å². The first-order valence-electron chi connectivity index (χ1n) is 12.1. The zero-order valence-corrected chi connectivity index (χ0v) is 21.3. The Morgan fingerprint density at radius 1 is 1.25 bits per heavy atom. The van der Waals surface area contributed by atoms with Crippen LogP contribution >= 0.6 is 23.2 Å². The number of aliphatic hydroxyl groups is 1. The normalized spacial score (nSPS) is 30.6. The van der Waals surface area contributed by atoms with Gasteiger partial charge in [-0.1, -0.05) is 35.4 Å². The SMILES string of the molecule is CC1(n2ncc(Nc3ncc4cc(Cl)c([C@H]5CCN([C@@H]6COCC6O)C[C@@H]5F)cc4n3)c2Cl)C=CC1. The van der Waals surface area contributed by atoms with E-state index in [1.807, 2.05) is 11.0 Å². The number of aliphatic hydroxyl groups excluding tert-OH is 1.